The van der Waals surface area contributed by atoms with Gasteiger partial charge >= 0.3 is 6.03 Å². The second-order valence-corrected chi connectivity index (χ2v) is 31.0. The molecule has 1 aliphatic heterocycles. The van der Waals surface area contributed by atoms with Crippen molar-refractivity contribution in [1.29, 1.82) is 0 Å². The summed E-state index contributed by atoms with van der Waals surface area (Å²) in [5.74, 6) is 0. The highest BCUT2D eigenvalue weighted by Gasteiger charge is 2.49. The predicted molar refractivity (Wildman–Crippen MR) is 250 cm³/mol. The molecule has 1 heterocycles. The maximum Gasteiger partial charge on any atom is 0.321 e. The second kappa shape index (κ2) is 21.8. The summed E-state index contributed by atoms with van der Waals surface area (Å²) in [6.45, 7) is 16.5. The number of hydrogen-bond acceptors (Lipinski definition) is 5. The van der Waals surface area contributed by atoms with E-state index in [0.717, 1.165) is 41.5 Å². The highest BCUT2D eigenvalue weighted by atomic mass is 127. The monoisotopic (exact) mass is 1020 g/mol. The first-order valence-corrected chi connectivity index (χ1v) is 29.4. The molecule has 0 aliphatic carbocycles. The van der Waals surface area contributed by atoms with E-state index in [0.29, 0.717) is 39.1 Å². The number of nitrogens with zero attached hydrogens (tertiary/aromatic N) is 2. The maximum atomic E-state index is 15.7. The Morgan fingerprint density at radius 3 is 1.27 bits per heavy atom. The third-order valence-corrected chi connectivity index (χ3v) is 14.9. The minimum Gasteiger partial charge on any atom is -0.356 e. The van der Waals surface area contributed by atoms with Crippen LogP contribution < -0.4 is 0 Å². The maximum absolute atomic E-state index is 15.7. The van der Waals surface area contributed by atoms with Crippen LogP contribution in [0, 0.1) is 7.14 Å². The number of carbonyl (C=O) groups excluding carboxylic acids is 1. The molecular formula is C45H60I2N2O5Si2. The molecule has 7 nitrogen and oxygen atoms in total. The summed E-state index contributed by atoms with van der Waals surface area (Å²) in [4.78, 5) is 19.8. The molecule has 0 unspecified atom stereocenters. The fourth-order valence-corrected chi connectivity index (χ4v) is 9.71. The van der Waals surface area contributed by atoms with E-state index in [1.54, 1.807) is 0 Å². The summed E-state index contributed by atoms with van der Waals surface area (Å²) in [6.07, 6.45) is 0.0939. The van der Waals surface area contributed by atoms with Gasteiger partial charge in [0.05, 0.1) is 12.1 Å². The first-order valence-electron chi connectivity index (χ1n) is 19.8. The standard InChI is InChI=1S/C45H60I2N2O5Si2/c1-55(2,3)25-23-51-33-53-43-41(29-35-15-9-7-10-16-35)48(31-37-19-13-21-39(46)27-37)45(50)49(32-38-20-14-22-40(47)28-38)42(30-36-17-11-8-12-18-36)44(43)54-34-52-24-26-56(4,5)6/h7-22,27-28,41-44H,23-26,29-34H2,1-6H3/t41-,42-,43+,44+/m1/s1. The zero-order chi connectivity index (χ0) is 40.1. The van der Waals surface area contributed by atoms with Crippen LogP contribution in [0.5, 0.6) is 0 Å². The number of ether oxygens (including phenoxy) is 4. The van der Waals surface area contributed by atoms with Crippen LogP contribution in [0.4, 0.5) is 4.79 Å². The quantitative estimate of drug-likeness (QED) is 0.0382. The Morgan fingerprint density at radius 1 is 0.536 bits per heavy atom. The average Bonchev–Trinajstić information content (AvgIpc) is 3.21. The van der Waals surface area contributed by atoms with Gasteiger partial charge in [-0.1, -0.05) is 124 Å². The van der Waals surface area contributed by atoms with Crippen molar-refractivity contribution in [2.24, 2.45) is 0 Å². The molecule has 0 N–H and O–H groups in total. The van der Waals surface area contributed by atoms with Crippen molar-refractivity contribution in [1.82, 2.24) is 9.80 Å². The van der Waals surface area contributed by atoms with Gasteiger partial charge in [0.25, 0.3) is 0 Å². The number of hydrogen-bond donors (Lipinski definition) is 0. The van der Waals surface area contributed by atoms with Crippen LogP contribution >= 0.6 is 45.2 Å². The first kappa shape index (κ1) is 45.0. The van der Waals surface area contributed by atoms with Crippen molar-refractivity contribution in [2.45, 2.75) is 102 Å². The van der Waals surface area contributed by atoms with E-state index in [2.05, 4.69) is 182 Å². The smallest absolute Gasteiger partial charge is 0.321 e. The molecule has 0 radical (unpaired) electrons. The summed E-state index contributed by atoms with van der Waals surface area (Å²) in [7, 11) is -2.65. The molecule has 0 bridgehead atoms. The number of carbonyl (C=O) groups is 1. The fraction of sp³-hybridized carbons (Fsp3) is 0.444. The van der Waals surface area contributed by atoms with E-state index in [4.69, 9.17) is 18.9 Å². The van der Waals surface area contributed by atoms with Gasteiger partial charge in [-0.25, -0.2) is 4.79 Å². The molecule has 5 rings (SSSR count). The number of halogens is 2. The largest absolute Gasteiger partial charge is 0.356 e. The van der Waals surface area contributed by atoms with Crippen molar-refractivity contribution in [3.8, 4) is 0 Å². The molecule has 56 heavy (non-hydrogen) atoms. The van der Waals surface area contributed by atoms with Crippen LogP contribution in [0.3, 0.4) is 0 Å². The van der Waals surface area contributed by atoms with Crippen molar-refractivity contribution in [3.63, 3.8) is 0 Å². The van der Waals surface area contributed by atoms with Crippen LogP contribution in [0.1, 0.15) is 22.3 Å². The Bertz CT molecular complexity index is 1660. The van der Waals surface area contributed by atoms with Crippen LogP contribution in [0.2, 0.25) is 51.4 Å². The molecule has 11 heteroatoms. The Balaban J connectivity index is 1.65. The zero-order valence-electron chi connectivity index (χ0n) is 34.0. The van der Waals surface area contributed by atoms with Gasteiger partial charge in [-0.15, -0.1) is 0 Å². The van der Waals surface area contributed by atoms with Gasteiger partial charge in [-0.2, -0.15) is 0 Å². The lowest BCUT2D eigenvalue weighted by Crippen LogP contribution is -2.53. The third-order valence-electron chi connectivity index (χ3n) is 10.1. The Hall–Kier alpha value is -2.12. The van der Waals surface area contributed by atoms with Crippen molar-refractivity contribution in [3.05, 3.63) is 139 Å². The van der Waals surface area contributed by atoms with Crippen LogP contribution in [0.25, 0.3) is 0 Å². The van der Waals surface area contributed by atoms with Crippen LogP contribution in [-0.2, 0) is 44.9 Å². The Morgan fingerprint density at radius 2 is 0.911 bits per heavy atom. The lowest BCUT2D eigenvalue weighted by atomic mass is 9.90. The summed E-state index contributed by atoms with van der Waals surface area (Å²) < 4.78 is 28.8. The number of benzene rings is 4. The predicted octanol–water partition coefficient (Wildman–Crippen LogP) is 11.0. The normalized spacial score (nSPS) is 19.3. The van der Waals surface area contributed by atoms with Gasteiger partial charge in [-0.3, -0.25) is 0 Å². The van der Waals surface area contributed by atoms with E-state index in [1.807, 2.05) is 21.9 Å². The Labute approximate surface area is 365 Å². The van der Waals surface area contributed by atoms with E-state index < -0.39 is 28.4 Å². The Kier molecular flexibility index (Phi) is 17.5. The molecule has 4 aromatic rings. The summed E-state index contributed by atoms with van der Waals surface area (Å²) in [5.41, 5.74) is 4.39. The van der Waals surface area contributed by atoms with Crippen molar-refractivity contribution >= 4 is 67.4 Å². The van der Waals surface area contributed by atoms with Crippen LogP contribution in [0.15, 0.2) is 109 Å². The minimum absolute atomic E-state index is 0.0383. The average molecular weight is 1020 g/mol. The molecule has 1 fully saturated rings. The topological polar surface area (TPSA) is 60.5 Å². The fourth-order valence-electron chi connectivity index (χ4n) is 6.98. The highest BCUT2D eigenvalue weighted by Crippen LogP contribution is 2.33. The minimum atomic E-state index is -1.32. The van der Waals surface area contributed by atoms with Gasteiger partial charge < -0.3 is 28.7 Å². The van der Waals surface area contributed by atoms with Gasteiger partial charge in [0.1, 0.15) is 25.8 Å². The number of urea groups is 1. The molecule has 2 amide bonds. The van der Waals surface area contributed by atoms with E-state index >= 15 is 4.79 Å². The molecule has 0 saturated carbocycles. The SMILES string of the molecule is C[Si](C)(C)CCOCO[C@@H]1[C@@H](OCOCC[Si](C)(C)C)[C@@H](Cc2ccccc2)N(Cc2cccc(I)c2)C(=O)N(Cc2cccc(I)c2)[C@@H]1Cc1ccccc1. The molecule has 1 aliphatic rings. The number of amides is 2. The van der Waals surface area contributed by atoms with Crippen molar-refractivity contribution in [2.75, 3.05) is 26.8 Å². The molecular weight excluding hydrogens is 958 g/mol. The highest BCUT2D eigenvalue weighted by molar-refractivity contribution is 14.1. The zero-order valence-corrected chi connectivity index (χ0v) is 40.3. The van der Waals surface area contributed by atoms with Gasteiger partial charge in [-0.05, 0) is 117 Å². The molecule has 4 aromatic carbocycles. The first-order chi connectivity index (χ1) is 26.8. The third kappa shape index (κ3) is 14.6. The molecule has 4 atom stereocenters. The molecule has 302 valence electrons. The molecule has 0 spiro atoms. The lowest BCUT2D eigenvalue weighted by Gasteiger charge is -2.38. The van der Waals surface area contributed by atoms with E-state index in [-0.39, 0.29) is 31.7 Å². The van der Waals surface area contributed by atoms with Crippen LogP contribution in [-0.4, -0.2) is 83.1 Å². The van der Waals surface area contributed by atoms with Gasteiger partial charge in [0.2, 0.25) is 0 Å². The summed E-state index contributed by atoms with van der Waals surface area (Å²) >= 11 is 4.71. The van der Waals surface area contributed by atoms with Gasteiger partial charge in [0, 0.05) is 49.6 Å². The number of rotatable bonds is 20. The summed E-state index contributed by atoms with van der Waals surface area (Å²) in [6, 6.07) is 39.0. The lowest BCUT2D eigenvalue weighted by molar-refractivity contribution is -0.188. The second-order valence-electron chi connectivity index (χ2n) is 17.2. The van der Waals surface area contributed by atoms with E-state index in [1.165, 1.54) is 0 Å². The van der Waals surface area contributed by atoms with E-state index in [9.17, 15) is 0 Å². The van der Waals surface area contributed by atoms with Gasteiger partial charge in [0.15, 0.2) is 0 Å². The van der Waals surface area contributed by atoms with Crippen molar-refractivity contribution < 1.29 is 23.7 Å². The molecule has 0 aromatic heterocycles. The molecule has 1 saturated heterocycles. The summed E-state index contributed by atoms with van der Waals surface area (Å²) in [5, 5.41) is 0.